The Bertz CT molecular complexity index is 453. The van der Waals surface area contributed by atoms with Gasteiger partial charge in [0.1, 0.15) is 15.7 Å². The van der Waals surface area contributed by atoms with Crippen molar-refractivity contribution in [2.24, 2.45) is 0 Å². The molecular formula is C10H12ClFO3S. The molecule has 0 radical (unpaired) electrons. The number of aliphatic hydroxyl groups is 1. The highest BCUT2D eigenvalue weighted by molar-refractivity contribution is 7.90. The Kier molecular flexibility index (Phi) is 4.29. The van der Waals surface area contributed by atoms with Crippen molar-refractivity contribution in [2.45, 2.75) is 12.5 Å². The van der Waals surface area contributed by atoms with Gasteiger partial charge in [-0.3, -0.25) is 0 Å². The van der Waals surface area contributed by atoms with Gasteiger partial charge in [0, 0.05) is 23.3 Å². The highest BCUT2D eigenvalue weighted by Gasteiger charge is 2.16. The van der Waals surface area contributed by atoms with Crippen molar-refractivity contribution in [1.82, 2.24) is 0 Å². The van der Waals surface area contributed by atoms with Crippen LogP contribution in [0.3, 0.4) is 0 Å². The molecular weight excluding hydrogens is 255 g/mol. The summed E-state index contributed by atoms with van der Waals surface area (Å²) in [6.45, 7) is 0. The Balaban J connectivity index is 2.81. The molecule has 0 saturated carbocycles. The van der Waals surface area contributed by atoms with Crippen LogP contribution in [0.4, 0.5) is 4.39 Å². The number of halogens is 2. The second kappa shape index (κ2) is 5.12. The topological polar surface area (TPSA) is 54.4 Å². The minimum atomic E-state index is -3.28. The summed E-state index contributed by atoms with van der Waals surface area (Å²) in [5.74, 6) is -0.947. The summed E-state index contributed by atoms with van der Waals surface area (Å²) in [5, 5.41) is 9.67. The first kappa shape index (κ1) is 13.4. The standard InChI is InChI=1S/C10H12ClFO3S/c1-16(14,15)6-7(13)5-8-9(11)3-2-4-10(8)12/h2-4,7,13H,5-6H2,1H3. The van der Waals surface area contributed by atoms with E-state index in [0.29, 0.717) is 0 Å². The summed E-state index contributed by atoms with van der Waals surface area (Å²) in [4.78, 5) is 0. The molecule has 0 heterocycles. The molecule has 6 heteroatoms. The van der Waals surface area contributed by atoms with Gasteiger partial charge >= 0.3 is 0 Å². The van der Waals surface area contributed by atoms with Crippen LogP contribution in [0.25, 0.3) is 0 Å². The van der Waals surface area contributed by atoms with Crippen molar-refractivity contribution in [1.29, 1.82) is 0 Å². The SMILES string of the molecule is CS(=O)(=O)CC(O)Cc1c(F)cccc1Cl. The lowest BCUT2D eigenvalue weighted by atomic mass is 10.1. The molecule has 1 rings (SSSR count). The van der Waals surface area contributed by atoms with Crippen LogP contribution in [0.15, 0.2) is 18.2 Å². The number of aliphatic hydroxyl groups excluding tert-OH is 1. The van der Waals surface area contributed by atoms with E-state index in [2.05, 4.69) is 0 Å². The van der Waals surface area contributed by atoms with Gasteiger partial charge in [-0.15, -0.1) is 0 Å². The minimum Gasteiger partial charge on any atom is -0.392 e. The zero-order chi connectivity index (χ0) is 12.3. The number of hydrogen-bond donors (Lipinski definition) is 1. The Morgan fingerprint density at radius 1 is 1.50 bits per heavy atom. The van der Waals surface area contributed by atoms with E-state index >= 15 is 0 Å². The summed E-state index contributed by atoms with van der Waals surface area (Å²) < 4.78 is 35.1. The Morgan fingerprint density at radius 3 is 2.62 bits per heavy atom. The van der Waals surface area contributed by atoms with Gasteiger partial charge in [-0.1, -0.05) is 17.7 Å². The van der Waals surface area contributed by atoms with E-state index in [4.69, 9.17) is 11.6 Å². The molecule has 0 saturated heterocycles. The molecule has 0 aliphatic heterocycles. The first-order valence-corrected chi connectivity index (χ1v) is 7.02. The third-order valence-corrected chi connectivity index (χ3v) is 3.34. The molecule has 0 bridgehead atoms. The monoisotopic (exact) mass is 266 g/mol. The normalized spacial score (nSPS) is 13.8. The fraction of sp³-hybridized carbons (Fsp3) is 0.400. The molecule has 0 aliphatic carbocycles. The fourth-order valence-corrected chi connectivity index (χ4v) is 2.43. The number of hydrogen-bond acceptors (Lipinski definition) is 3. The van der Waals surface area contributed by atoms with Gasteiger partial charge < -0.3 is 5.11 Å². The van der Waals surface area contributed by atoms with Crippen molar-refractivity contribution >= 4 is 21.4 Å². The molecule has 0 aromatic heterocycles. The zero-order valence-electron chi connectivity index (χ0n) is 8.65. The molecule has 1 unspecified atom stereocenters. The maximum absolute atomic E-state index is 13.3. The third kappa shape index (κ3) is 4.08. The van der Waals surface area contributed by atoms with Gasteiger partial charge in [0.15, 0.2) is 0 Å². The largest absolute Gasteiger partial charge is 0.392 e. The molecule has 0 spiro atoms. The van der Waals surface area contributed by atoms with Crippen molar-refractivity contribution in [2.75, 3.05) is 12.0 Å². The summed E-state index contributed by atoms with van der Waals surface area (Å²) in [6.07, 6.45) is -0.248. The molecule has 0 amide bonds. The van der Waals surface area contributed by atoms with E-state index in [-0.39, 0.29) is 17.0 Å². The number of sulfone groups is 1. The van der Waals surface area contributed by atoms with Crippen molar-refractivity contribution in [3.8, 4) is 0 Å². The van der Waals surface area contributed by atoms with Gasteiger partial charge in [0.25, 0.3) is 0 Å². The maximum Gasteiger partial charge on any atom is 0.150 e. The van der Waals surface area contributed by atoms with Crippen molar-refractivity contribution in [3.63, 3.8) is 0 Å². The average Bonchev–Trinajstić information content (AvgIpc) is 2.08. The molecule has 90 valence electrons. The summed E-state index contributed by atoms with van der Waals surface area (Å²) in [7, 11) is -3.28. The lowest BCUT2D eigenvalue weighted by molar-refractivity contribution is 0.196. The molecule has 0 fully saturated rings. The van der Waals surface area contributed by atoms with Crippen LogP contribution in [0.2, 0.25) is 5.02 Å². The van der Waals surface area contributed by atoms with Crippen LogP contribution in [0, 0.1) is 5.82 Å². The molecule has 1 aromatic rings. The van der Waals surface area contributed by atoms with E-state index in [1.165, 1.54) is 18.2 Å². The van der Waals surface area contributed by atoms with E-state index < -0.39 is 27.5 Å². The summed E-state index contributed by atoms with van der Waals surface area (Å²) in [6, 6.07) is 4.16. The molecule has 1 N–H and O–H groups in total. The Labute approximate surface area is 98.8 Å². The quantitative estimate of drug-likeness (QED) is 0.897. The highest BCUT2D eigenvalue weighted by Crippen LogP contribution is 2.20. The Hall–Kier alpha value is -0.650. The molecule has 16 heavy (non-hydrogen) atoms. The van der Waals surface area contributed by atoms with Crippen LogP contribution in [-0.2, 0) is 16.3 Å². The summed E-state index contributed by atoms with van der Waals surface area (Å²) >= 11 is 5.74. The first-order valence-electron chi connectivity index (χ1n) is 4.58. The van der Waals surface area contributed by atoms with Gasteiger partial charge in [-0.05, 0) is 12.1 Å². The van der Waals surface area contributed by atoms with E-state index in [0.717, 1.165) is 6.26 Å². The highest BCUT2D eigenvalue weighted by atomic mass is 35.5. The zero-order valence-corrected chi connectivity index (χ0v) is 10.2. The van der Waals surface area contributed by atoms with Crippen molar-refractivity contribution < 1.29 is 17.9 Å². The third-order valence-electron chi connectivity index (χ3n) is 2.00. The predicted octanol–water partition coefficient (Wildman–Crippen LogP) is 1.43. The van der Waals surface area contributed by atoms with Crippen LogP contribution in [0.5, 0.6) is 0 Å². The van der Waals surface area contributed by atoms with Crippen LogP contribution in [0.1, 0.15) is 5.56 Å². The molecule has 1 atom stereocenters. The first-order chi connectivity index (χ1) is 7.29. The molecule has 0 aliphatic rings. The van der Waals surface area contributed by atoms with Gasteiger partial charge in [-0.2, -0.15) is 0 Å². The Morgan fingerprint density at radius 2 is 2.12 bits per heavy atom. The van der Waals surface area contributed by atoms with Crippen LogP contribution >= 0.6 is 11.6 Å². The van der Waals surface area contributed by atoms with Gasteiger partial charge in [0.05, 0.1) is 11.9 Å². The number of benzene rings is 1. The minimum absolute atomic E-state index is 0.113. The number of rotatable bonds is 4. The smallest absolute Gasteiger partial charge is 0.150 e. The lowest BCUT2D eigenvalue weighted by Gasteiger charge is -2.11. The van der Waals surface area contributed by atoms with Gasteiger partial charge in [0.2, 0.25) is 0 Å². The molecule has 1 aromatic carbocycles. The van der Waals surface area contributed by atoms with Crippen LogP contribution < -0.4 is 0 Å². The van der Waals surface area contributed by atoms with Crippen molar-refractivity contribution in [3.05, 3.63) is 34.6 Å². The van der Waals surface area contributed by atoms with E-state index in [1.54, 1.807) is 0 Å². The van der Waals surface area contributed by atoms with Crippen LogP contribution in [-0.4, -0.2) is 31.6 Å². The molecule has 3 nitrogen and oxygen atoms in total. The average molecular weight is 267 g/mol. The predicted molar refractivity (Wildman–Crippen MR) is 60.8 cm³/mol. The second-order valence-electron chi connectivity index (χ2n) is 3.65. The van der Waals surface area contributed by atoms with Gasteiger partial charge in [-0.25, -0.2) is 12.8 Å². The second-order valence-corrected chi connectivity index (χ2v) is 6.24. The van der Waals surface area contributed by atoms with E-state index in [1.807, 2.05) is 0 Å². The maximum atomic E-state index is 13.3. The van der Waals surface area contributed by atoms with E-state index in [9.17, 15) is 17.9 Å². The lowest BCUT2D eigenvalue weighted by Crippen LogP contribution is -2.22. The summed E-state index contributed by atoms with van der Waals surface area (Å²) in [5.41, 5.74) is 0.139. The fourth-order valence-electron chi connectivity index (χ4n) is 1.37.